The van der Waals surface area contributed by atoms with Gasteiger partial charge in [-0.1, -0.05) is 24.3 Å². The number of nitrogens with zero attached hydrogens (tertiary/aromatic N) is 2. The number of rotatable bonds is 10. The summed E-state index contributed by atoms with van der Waals surface area (Å²) < 4.78 is 17.6. The van der Waals surface area contributed by atoms with Gasteiger partial charge >= 0.3 is 0 Å². The molecule has 1 unspecified atom stereocenters. The molecular formula is C25H26N4O4S. The van der Waals surface area contributed by atoms with Crippen molar-refractivity contribution in [1.82, 2.24) is 10.2 Å². The molecule has 8 nitrogen and oxygen atoms in total. The molecule has 0 aliphatic heterocycles. The van der Waals surface area contributed by atoms with E-state index in [1.165, 1.54) is 11.3 Å². The molecule has 0 aliphatic carbocycles. The summed E-state index contributed by atoms with van der Waals surface area (Å²) in [5.41, 5.74) is 1.76. The number of nitrogens with one attached hydrogen (secondary N) is 2. The molecule has 2 N–H and O–H groups in total. The normalized spacial score (nSPS) is 11.6. The molecule has 0 spiro atoms. The van der Waals surface area contributed by atoms with Crippen molar-refractivity contribution in [2.75, 3.05) is 23.8 Å². The van der Waals surface area contributed by atoms with E-state index in [0.717, 1.165) is 4.88 Å². The zero-order chi connectivity index (χ0) is 23.9. The highest BCUT2D eigenvalue weighted by atomic mass is 32.1. The van der Waals surface area contributed by atoms with Crippen LogP contribution in [0.1, 0.15) is 43.1 Å². The van der Waals surface area contributed by atoms with Gasteiger partial charge in [-0.15, -0.1) is 21.5 Å². The summed E-state index contributed by atoms with van der Waals surface area (Å²) in [7, 11) is 0. The third-order valence-electron chi connectivity index (χ3n) is 4.88. The van der Waals surface area contributed by atoms with Crippen LogP contribution in [0.25, 0.3) is 10.8 Å². The van der Waals surface area contributed by atoms with E-state index in [-0.39, 0.29) is 11.9 Å². The van der Waals surface area contributed by atoms with Gasteiger partial charge in [0.15, 0.2) is 0 Å². The molecule has 0 radical (unpaired) electrons. The first-order valence-electron chi connectivity index (χ1n) is 11.0. The molecule has 1 atom stereocenters. The van der Waals surface area contributed by atoms with Crippen LogP contribution in [0, 0.1) is 0 Å². The second kappa shape index (κ2) is 10.8. The van der Waals surface area contributed by atoms with Crippen molar-refractivity contribution in [2.24, 2.45) is 0 Å². The zero-order valence-electron chi connectivity index (χ0n) is 19.2. The third-order valence-corrected chi connectivity index (χ3v) is 5.74. The number of thiophene rings is 1. The average molecular weight is 479 g/mol. The minimum atomic E-state index is -0.292. The van der Waals surface area contributed by atoms with Gasteiger partial charge in [-0.3, -0.25) is 4.79 Å². The van der Waals surface area contributed by atoms with Crippen LogP contribution in [0.5, 0.6) is 11.5 Å². The Morgan fingerprint density at radius 3 is 2.38 bits per heavy atom. The Labute approximate surface area is 201 Å². The maximum atomic E-state index is 12.7. The first-order chi connectivity index (χ1) is 16.6. The van der Waals surface area contributed by atoms with E-state index in [4.69, 9.17) is 13.9 Å². The Balaban J connectivity index is 1.60. The number of carbonyl (C=O) groups excluding carboxylic acids is 1. The van der Waals surface area contributed by atoms with Crippen molar-refractivity contribution in [3.8, 4) is 22.3 Å². The fourth-order valence-electron chi connectivity index (χ4n) is 3.31. The fraction of sp³-hybridized carbons (Fsp3) is 0.240. The van der Waals surface area contributed by atoms with Crippen molar-refractivity contribution in [2.45, 2.75) is 26.8 Å². The van der Waals surface area contributed by atoms with Crippen molar-refractivity contribution in [1.29, 1.82) is 0 Å². The van der Waals surface area contributed by atoms with Crippen LogP contribution in [0.4, 0.5) is 11.4 Å². The second-order valence-corrected chi connectivity index (χ2v) is 8.27. The first kappa shape index (κ1) is 23.3. The Kier molecular flexibility index (Phi) is 7.44. The molecular weight excluding hydrogens is 452 g/mol. The van der Waals surface area contributed by atoms with Crippen LogP contribution in [-0.2, 0) is 0 Å². The van der Waals surface area contributed by atoms with Gasteiger partial charge in [-0.05, 0) is 44.4 Å². The van der Waals surface area contributed by atoms with E-state index in [1.807, 2.05) is 62.5 Å². The summed E-state index contributed by atoms with van der Waals surface area (Å²) in [6.07, 6.45) is 0. The van der Waals surface area contributed by atoms with Crippen LogP contribution >= 0.6 is 11.3 Å². The van der Waals surface area contributed by atoms with Gasteiger partial charge in [0.1, 0.15) is 17.5 Å². The van der Waals surface area contributed by atoms with Crippen molar-refractivity contribution < 1.29 is 18.7 Å². The minimum absolute atomic E-state index is 0.231. The first-order valence-corrected chi connectivity index (χ1v) is 11.9. The fourth-order valence-corrected chi connectivity index (χ4v) is 3.95. The lowest BCUT2D eigenvalue weighted by molar-refractivity contribution is 0.102. The Morgan fingerprint density at radius 2 is 1.71 bits per heavy atom. The van der Waals surface area contributed by atoms with Gasteiger partial charge < -0.3 is 24.5 Å². The molecule has 4 rings (SSSR count). The predicted octanol–water partition coefficient (Wildman–Crippen LogP) is 6.02. The maximum absolute atomic E-state index is 12.7. The van der Waals surface area contributed by atoms with Gasteiger partial charge in [-0.2, -0.15) is 0 Å². The number of aromatic nitrogens is 2. The summed E-state index contributed by atoms with van der Waals surface area (Å²) in [5, 5.41) is 16.6. The molecule has 0 saturated heterocycles. The third kappa shape index (κ3) is 5.37. The number of ether oxygens (including phenoxy) is 2. The summed E-state index contributed by atoms with van der Waals surface area (Å²) in [6, 6.07) is 16.2. The number of hydrogen-bond acceptors (Lipinski definition) is 8. The highest BCUT2D eigenvalue weighted by Crippen LogP contribution is 2.39. The topological polar surface area (TPSA) is 98.5 Å². The van der Waals surface area contributed by atoms with E-state index in [0.29, 0.717) is 53.4 Å². The van der Waals surface area contributed by atoms with Gasteiger partial charge in [0.25, 0.3) is 11.8 Å². The van der Waals surface area contributed by atoms with Crippen LogP contribution in [0.3, 0.4) is 0 Å². The lowest BCUT2D eigenvalue weighted by atomic mass is 10.1. The van der Waals surface area contributed by atoms with Crippen LogP contribution < -0.4 is 20.1 Å². The molecule has 1 amide bonds. The lowest BCUT2D eigenvalue weighted by Gasteiger charge is -2.20. The number of amides is 1. The standard InChI is InChI=1S/C25H26N4O4S/c1-4-31-20-15-19(27-23(30)17-10-7-6-8-11-17)21(32-5-2)14-18(20)26-16(3)24-28-29-25(33-24)22-12-9-13-34-22/h6-16,26H,4-5H2,1-3H3,(H,27,30). The Morgan fingerprint density at radius 1 is 1.00 bits per heavy atom. The Bertz CT molecular complexity index is 1230. The largest absolute Gasteiger partial charge is 0.492 e. The quantitative estimate of drug-likeness (QED) is 0.287. The molecule has 2 aromatic heterocycles. The molecule has 0 aliphatic rings. The Hall–Kier alpha value is -3.85. The van der Waals surface area contributed by atoms with Crippen molar-refractivity contribution in [3.05, 3.63) is 71.4 Å². The van der Waals surface area contributed by atoms with Gasteiger partial charge in [0.2, 0.25) is 5.89 Å². The highest BCUT2D eigenvalue weighted by molar-refractivity contribution is 7.13. The molecule has 9 heteroatoms. The second-order valence-electron chi connectivity index (χ2n) is 7.32. The molecule has 34 heavy (non-hydrogen) atoms. The van der Waals surface area contributed by atoms with Crippen LogP contribution in [-0.4, -0.2) is 29.3 Å². The molecule has 0 saturated carbocycles. The number of carbonyl (C=O) groups is 1. The van der Waals surface area contributed by atoms with E-state index in [1.54, 1.807) is 18.2 Å². The van der Waals surface area contributed by atoms with E-state index >= 15 is 0 Å². The van der Waals surface area contributed by atoms with Crippen molar-refractivity contribution in [3.63, 3.8) is 0 Å². The van der Waals surface area contributed by atoms with Gasteiger partial charge in [-0.25, -0.2) is 0 Å². The summed E-state index contributed by atoms with van der Waals surface area (Å²) in [5.74, 6) is 1.79. The maximum Gasteiger partial charge on any atom is 0.257 e. The highest BCUT2D eigenvalue weighted by Gasteiger charge is 2.20. The van der Waals surface area contributed by atoms with E-state index in [9.17, 15) is 4.79 Å². The van der Waals surface area contributed by atoms with E-state index < -0.39 is 0 Å². The minimum Gasteiger partial charge on any atom is -0.492 e. The summed E-state index contributed by atoms with van der Waals surface area (Å²) in [6.45, 7) is 6.60. The van der Waals surface area contributed by atoms with Gasteiger partial charge in [0, 0.05) is 17.7 Å². The number of hydrogen-bond donors (Lipinski definition) is 2. The molecule has 2 heterocycles. The SMILES string of the molecule is CCOc1cc(NC(C)c2nnc(-c3cccs3)o2)c(OCC)cc1NC(=O)c1ccccc1. The predicted molar refractivity (Wildman–Crippen MR) is 133 cm³/mol. The molecule has 4 aromatic rings. The lowest BCUT2D eigenvalue weighted by Crippen LogP contribution is -2.14. The molecule has 176 valence electrons. The smallest absolute Gasteiger partial charge is 0.257 e. The molecule has 2 aromatic carbocycles. The van der Waals surface area contributed by atoms with Gasteiger partial charge in [0.05, 0.1) is 29.5 Å². The molecule has 0 bridgehead atoms. The zero-order valence-corrected chi connectivity index (χ0v) is 20.0. The average Bonchev–Trinajstić information content (AvgIpc) is 3.55. The van der Waals surface area contributed by atoms with Crippen LogP contribution in [0.15, 0.2) is 64.4 Å². The summed E-state index contributed by atoms with van der Waals surface area (Å²) in [4.78, 5) is 13.7. The molecule has 0 fully saturated rings. The monoisotopic (exact) mass is 478 g/mol. The van der Waals surface area contributed by atoms with Crippen molar-refractivity contribution >= 4 is 28.6 Å². The van der Waals surface area contributed by atoms with E-state index in [2.05, 4.69) is 20.8 Å². The number of benzene rings is 2. The van der Waals surface area contributed by atoms with Crippen LogP contribution in [0.2, 0.25) is 0 Å². The number of anilines is 2. The summed E-state index contributed by atoms with van der Waals surface area (Å²) >= 11 is 1.54.